The summed E-state index contributed by atoms with van der Waals surface area (Å²) in [6.07, 6.45) is 6.61. The number of carbonyl (C=O) groups excluding carboxylic acids is 1. The molecule has 0 spiro atoms. The van der Waals surface area contributed by atoms with Crippen molar-refractivity contribution < 1.29 is 14.6 Å². The molecule has 0 radical (unpaired) electrons. The highest BCUT2D eigenvalue weighted by Gasteiger charge is 2.33. The summed E-state index contributed by atoms with van der Waals surface area (Å²) in [5.41, 5.74) is 0.481. The SMILES string of the molecule is CC1C=C(C(O)C2CCCCC2)C(=O)O1. The molecule has 1 N–H and O–H groups in total. The molecule has 1 saturated carbocycles. The Labute approximate surface area is 90.1 Å². The fourth-order valence-corrected chi connectivity index (χ4v) is 2.51. The lowest BCUT2D eigenvalue weighted by molar-refractivity contribution is -0.140. The first-order valence-electron chi connectivity index (χ1n) is 5.79. The van der Waals surface area contributed by atoms with Gasteiger partial charge in [-0.3, -0.25) is 0 Å². The maximum absolute atomic E-state index is 11.4. The first-order valence-corrected chi connectivity index (χ1v) is 5.79. The molecule has 0 aromatic carbocycles. The van der Waals surface area contributed by atoms with Crippen LogP contribution in [0.25, 0.3) is 0 Å². The van der Waals surface area contributed by atoms with Crippen LogP contribution in [0.15, 0.2) is 11.6 Å². The third kappa shape index (κ3) is 2.23. The Kier molecular flexibility index (Phi) is 3.10. The van der Waals surface area contributed by atoms with Gasteiger partial charge in [-0.2, -0.15) is 0 Å². The number of esters is 1. The summed E-state index contributed by atoms with van der Waals surface area (Å²) in [7, 11) is 0. The number of aliphatic hydroxyl groups is 1. The molecule has 1 fully saturated rings. The van der Waals surface area contributed by atoms with Crippen molar-refractivity contribution in [1.29, 1.82) is 0 Å². The highest BCUT2D eigenvalue weighted by molar-refractivity contribution is 5.91. The predicted octanol–water partition coefficient (Wildman–Crippen LogP) is 1.80. The number of cyclic esters (lactones) is 1. The van der Waals surface area contributed by atoms with Crippen LogP contribution in [0.5, 0.6) is 0 Å². The first kappa shape index (κ1) is 10.7. The second-order valence-electron chi connectivity index (χ2n) is 4.58. The normalized spacial score (nSPS) is 29.9. The van der Waals surface area contributed by atoms with Crippen molar-refractivity contribution in [2.45, 2.75) is 51.2 Å². The lowest BCUT2D eigenvalue weighted by Gasteiger charge is -2.26. The van der Waals surface area contributed by atoms with E-state index in [1.54, 1.807) is 6.08 Å². The van der Waals surface area contributed by atoms with Gasteiger partial charge in [0.15, 0.2) is 0 Å². The van der Waals surface area contributed by atoms with Crippen LogP contribution in [-0.2, 0) is 9.53 Å². The molecule has 1 aliphatic carbocycles. The van der Waals surface area contributed by atoms with Crippen molar-refractivity contribution in [2.75, 3.05) is 0 Å². The van der Waals surface area contributed by atoms with Gasteiger partial charge >= 0.3 is 5.97 Å². The molecule has 2 aliphatic rings. The van der Waals surface area contributed by atoms with Crippen molar-refractivity contribution in [3.63, 3.8) is 0 Å². The molecule has 2 rings (SSSR count). The first-order chi connectivity index (χ1) is 7.18. The van der Waals surface area contributed by atoms with Crippen LogP contribution < -0.4 is 0 Å². The molecular formula is C12H18O3. The average Bonchev–Trinajstić information content (AvgIpc) is 2.58. The molecule has 0 saturated heterocycles. The lowest BCUT2D eigenvalue weighted by Crippen LogP contribution is -2.27. The molecule has 0 amide bonds. The standard InChI is InChI=1S/C12H18O3/c1-8-7-10(12(14)15-8)11(13)9-5-3-2-4-6-9/h7-9,11,13H,2-6H2,1H3. The number of ether oxygens (including phenoxy) is 1. The Morgan fingerprint density at radius 3 is 2.60 bits per heavy atom. The van der Waals surface area contributed by atoms with E-state index < -0.39 is 6.10 Å². The molecule has 3 heteroatoms. The van der Waals surface area contributed by atoms with E-state index in [0.717, 1.165) is 12.8 Å². The van der Waals surface area contributed by atoms with Crippen molar-refractivity contribution in [3.8, 4) is 0 Å². The Morgan fingerprint density at radius 2 is 2.07 bits per heavy atom. The van der Waals surface area contributed by atoms with E-state index in [2.05, 4.69) is 0 Å². The van der Waals surface area contributed by atoms with Crippen LogP contribution in [0, 0.1) is 5.92 Å². The Hall–Kier alpha value is -0.830. The van der Waals surface area contributed by atoms with Gasteiger partial charge in [0.1, 0.15) is 6.10 Å². The van der Waals surface area contributed by atoms with Crippen molar-refractivity contribution in [1.82, 2.24) is 0 Å². The lowest BCUT2D eigenvalue weighted by atomic mass is 9.82. The minimum absolute atomic E-state index is 0.175. The van der Waals surface area contributed by atoms with E-state index in [1.165, 1.54) is 19.3 Å². The summed E-state index contributed by atoms with van der Waals surface area (Å²) in [6, 6.07) is 0. The molecule has 2 atom stereocenters. The van der Waals surface area contributed by atoms with Crippen LogP contribution >= 0.6 is 0 Å². The molecule has 1 aliphatic heterocycles. The molecule has 2 unspecified atom stereocenters. The van der Waals surface area contributed by atoms with Gasteiger partial charge in [-0.15, -0.1) is 0 Å². The minimum atomic E-state index is -0.609. The number of hydrogen-bond acceptors (Lipinski definition) is 3. The minimum Gasteiger partial charge on any atom is -0.455 e. The predicted molar refractivity (Wildman–Crippen MR) is 56.2 cm³/mol. The van der Waals surface area contributed by atoms with Gasteiger partial charge < -0.3 is 9.84 Å². The number of carbonyl (C=O) groups is 1. The van der Waals surface area contributed by atoms with E-state index in [1.807, 2.05) is 6.92 Å². The van der Waals surface area contributed by atoms with E-state index in [4.69, 9.17) is 4.74 Å². The van der Waals surface area contributed by atoms with Crippen molar-refractivity contribution in [3.05, 3.63) is 11.6 Å². The van der Waals surface area contributed by atoms with Gasteiger partial charge in [-0.05, 0) is 31.8 Å². The smallest absolute Gasteiger partial charge is 0.337 e. The fourth-order valence-electron chi connectivity index (χ4n) is 2.51. The van der Waals surface area contributed by atoms with Gasteiger partial charge in [0, 0.05) is 0 Å². The van der Waals surface area contributed by atoms with Crippen LogP contribution in [0.1, 0.15) is 39.0 Å². The summed E-state index contributed by atoms with van der Waals surface area (Å²) in [5.74, 6) is -0.0802. The Morgan fingerprint density at radius 1 is 1.40 bits per heavy atom. The second-order valence-corrected chi connectivity index (χ2v) is 4.58. The van der Waals surface area contributed by atoms with Crippen molar-refractivity contribution >= 4 is 5.97 Å². The summed E-state index contributed by atoms with van der Waals surface area (Å²) in [5, 5.41) is 10.1. The monoisotopic (exact) mass is 210 g/mol. The zero-order valence-electron chi connectivity index (χ0n) is 9.11. The maximum Gasteiger partial charge on any atom is 0.337 e. The van der Waals surface area contributed by atoms with Crippen LogP contribution in [-0.4, -0.2) is 23.3 Å². The Balaban J connectivity index is 2.03. The highest BCUT2D eigenvalue weighted by Crippen LogP contribution is 2.31. The summed E-state index contributed by atoms with van der Waals surface area (Å²) < 4.78 is 4.99. The van der Waals surface area contributed by atoms with Gasteiger partial charge in [0.25, 0.3) is 0 Å². The van der Waals surface area contributed by atoms with Crippen LogP contribution in [0.4, 0.5) is 0 Å². The second kappa shape index (κ2) is 4.35. The molecule has 0 aromatic rings. The highest BCUT2D eigenvalue weighted by atomic mass is 16.5. The molecule has 15 heavy (non-hydrogen) atoms. The van der Waals surface area contributed by atoms with E-state index in [-0.39, 0.29) is 18.0 Å². The summed E-state index contributed by atoms with van der Waals surface area (Å²) in [4.78, 5) is 11.4. The molecule has 3 nitrogen and oxygen atoms in total. The topological polar surface area (TPSA) is 46.5 Å². The van der Waals surface area contributed by atoms with E-state index >= 15 is 0 Å². The summed E-state index contributed by atoms with van der Waals surface area (Å²) >= 11 is 0. The molecule has 0 aromatic heterocycles. The Bertz CT molecular complexity index is 277. The zero-order valence-corrected chi connectivity index (χ0v) is 9.11. The quantitative estimate of drug-likeness (QED) is 0.707. The number of rotatable bonds is 2. The van der Waals surface area contributed by atoms with Gasteiger partial charge in [-0.1, -0.05) is 19.3 Å². The van der Waals surface area contributed by atoms with Crippen LogP contribution in [0.3, 0.4) is 0 Å². The van der Waals surface area contributed by atoms with Crippen LogP contribution in [0.2, 0.25) is 0 Å². The molecular weight excluding hydrogens is 192 g/mol. The van der Waals surface area contributed by atoms with Crippen molar-refractivity contribution in [2.24, 2.45) is 5.92 Å². The average molecular weight is 210 g/mol. The maximum atomic E-state index is 11.4. The third-order valence-electron chi connectivity index (χ3n) is 3.36. The molecule has 0 bridgehead atoms. The van der Waals surface area contributed by atoms with Gasteiger partial charge in [0.2, 0.25) is 0 Å². The van der Waals surface area contributed by atoms with Gasteiger partial charge in [-0.25, -0.2) is 4.79 Å². The molecule has 1 heterocycles. The molecule has 84 valence electrons. The number of hydrogen-bond donors (Lipinski definition) is 1. The number of aliphatic hydroxyl groups excluding tert-OH is 1. The largest absolute Gasteiger partial charge is 0.455 e. The third-order valence-corrected chi connectivity index (χ3v) is 3.36. The fraction of sp³-hybridized carbons (Fsp3) is 0.750. The summed E-state index contributed by atoms with van der Waals surface area (Å²) in [6.45, 7) is 1.82. The van der Waals surface area contributed by atoms with Gasteiger partial charge in [0.05, 0.1) is 11.7 Å². The van der Waals surface area contributed by atoms with E-state index in [9.17, 15) is 9.90 Å². The van der Waals surface area contributed by atoms with E-state index in [0.29, 0.717) is 5.57 Å². The zero-order chi connectivity index (χ0) is 10.8.